The van der Waals surface area contributed by atoms with E-state index in [1.54, 1.807) is 30.2 Å². The predicted molar refractivity (Wildman–Crippen MR) is 92.8 cm³/mol. The van der Waals surface area contributed by atoms with Crippen LogP contribution in [0.25, 0.3) is 11.0 Å². The summed E-state index contributed by atoms with van der Waals surface area (Å²) < 4.78 is 7.90. The van der Waals surface area contributed by atoms with Crippen molar-refractivity contribution in [2.45, 2.75) is 19.3 Å². The van der Waals surface area contributed by atoms with Gasteiger partial charge in [-0.25, -0.2) is 4.79 Å². The Morgan fingerprint density at radius 2 is 1.84 bits per heavy atom. The van der Waals surface area contributed by atoms with E-state index in [1.807, 2.05) is 18.2 Å². The van der Waals surface area contributed by atoms with E-state index in [2.05, 4.69) is 10.2 Å². The van der Waals surface area contributed by atoms with Crippen molar-refractivity contribution in [3.8, 4) is 0 Å². The van der Waals surface area contributed by atoms with Gasteiger partial charge in [-0.05, 0) is 24.6 Å². The number of benzene rings is 1. The van der Waals surface area contributed by atoms with Crippen LogP contribution < -0.4 is 11.2 Å². The van der Waals surface area contributed by atoms with E-state index in [-0.39, 0.29) is 17.7 Å². The number of aryl methyl sites for hydroxylation is 3. The van der Waals surface area contributed by atoms with Crippen molar-refractivity contribution in [1.82, 2.24) is 19.3 Å². The first kappa shape index (κ1) is 16.8. The number of imidazole rings is 1. The van der Waals surface area contributed by atoms with Gasteiger partial charge in [0.15, 0.2) is 0 Å². The Kier molecular flexibility index (Phi) is 4.12. The Labute approximate surface area is 143 Å². The van der Waals surface area contributed by atoms with Gasteiger partial charge in [0.05, 0.1) is 24.6 Å². The van der Waals surface area contributed by atoms with Crippen LogP contribution in [0.4, 0.5) is 0 Å². The van der Waals surface area contributed by atoms with Gasteiger partial charge in [-0.2, -0.15) is 0 Å². The maximum absolute atomic E-state index is 12.2. The Hall–Kier alpha value is -3.03. The lowest BCUT2D eigenvalue weighted by atomic mass is 9.88. The minimum atomic E-state index is -0.470. The van der Waals surface area contributed by atoms with Crippen LogP contribution in [0.5, 0.6) is 0 Å². The zero-order chi connectivity index (χ0) is 18.3. The number of fused-ring (bicyclic) bond motifs is 1. The lowest BCUT2D eigenvalue weighted by Crippen LogP contribution is -2.19. The van der Waals surface area contributed by atoms with Gasteiger partial charge < -0.3 is 9.84 Å². The zero-order valence-corrected chi connectivity index (χ0v) is 14.5. The summed E-state index contributed by atoms with van der Waals surface area (Å²) in [4.78, 5) is 36.2. The molecule has 2 heterocycles. The first-order chi connectivity index (χ1) is 11.8. The minimum Gasteiger partial charge on any atom is -0.469 e. The molecule has 3 rings (SSSR count). The van der Waals surface area contributed by atoms with Gasteiger partial charge in [0.25, 0.3) is 5.56 Å². The molecule has 0 radical (unpaired) electrons. The molecule has 0 saturated heterocycles. The number of aromatic amines is 2. The van der Waals surface area contributed by atoms with Gasteiger partial charge in [-0.15, -0.1) is 0 Å². The van der Waals surface area contributed by atoms with E-state index in [0.717, 1.165) is 16.6 Å². The summed E-state index contributed by atoms with van der Waals surface area (Å²) in [6.07, 6.45) is 0.0323. The number of ether oxygens (including phenoxy) is 1. The summed E-state index contributed by atoms with van der Waals surface area (Å²) >= 11 is 0. The summed E-state index contributed by atoms with van der Waals surface area (Å²) in [7, 11) is 4.72. The molecule has 0 aliphatic carbocycles. The number of nitrogens with one attached hydrogen (secondary N) is 2. The quantitative estimate of drug-likeness (QED) is 0.686. The molecule has 3 aromatic rings. The van der Waals surface area contributed by atoms with Gasteiger partial charge in [-0.3, -0.25) is 23.8 Å². The molecule has 0 aliphatic rings. The second-order valence-corrected chi connectivity index (χ2v) is 6.10. The molecule has 2 aromatic heterocycles. The van der Waals surface area contributed by atoms with Crippen LogP contribution in [-0.2, 0) is 23.6 Å². The summed E-state index contributed by atoms with van der Waals surface area (Å²) in [6, 6.07) is 5.50. The topological polar surface area (TPSA) is 102 Å². The number of methoxy groups -OCH3 is 1. The van der Waals surface area contributed by atoms with Crippen LogP contribution in [0, 0.1) is 6.92 Å². The largest absolute Gasteiger partial charge is 0.469 e. The van der Waals surface area contributed by atoms with Crippen LogP contribution in [0.1, 0.15) is 29.2 Å². The first-order valence-corrected chi connectivity index (χ1v) is 7.84. The van der Waals surface area contributed by atoms with Crippen molar-refractivity contribution in [3.05, 3.63) is 55.9 Å². The third kappa shape index (κ3) is 2.69. The lowest BCUT2D eigenvalue weighted by molar-refractivity contribution is -0.140. The molecular weight excluding hydrogens is 324 g/mol. The second-order valence-electron chi connectivity index (χ2n) is 6.10. The third-order valence-corrected chi connectivity index (χ3v) is 4.66. The van der Waals surface area contributed by atoms with Crippen molar-refractivity contribution in [2.24, 2.45) is 14.1 Å². The minimum absolute atomic E-state index is 0.0323. The molecule has 0 saturated carbocycles. The van der Waals surface area contributed by atoms with Crippen LogP contribution in [0.2, 0.25) is 0 Å². The van der Waals surface area contributed by atoms with Crippen molar-refractivity contribution in [3.63, 3.8) is 0 Å². The maximum Gasteiger partial charge on any atom is 0.328 e. The normalized spacial score (nSPS) is 12.5. The van der Waals surface area contributed by atoms with Crippen molar-refractivity contribution in [2.75, 3.05) is 7.11 Å². The molecule has 132 valence electrons. The van der Waals surface area contributed by atoms with Crippen LogP contribution >= 0.6 is 0 Å². The van der Waals surface area contributed by atoms with Crippen LogP contribution in [-0.4, -0.2) is 32.4 Å². The van der Waals surface area contributed by atoms with Gasteiger partial charge >= 0.3 is 11.7 Å². The molecule has 0 unspecified atom stereocenters. The fourth-order valence-corrected chi connectivity index (χ4v) is 3.25. The number of esters is 1. The second kappa shape index (κ2) is 6.12. The molecular formula is C17H20N4O4. The number of nitrogens with zero attached hydrogens (tertiary/aromatic N) is 2. The Morgan fingerprint density at radius 1 is 1.16 bits per heavy atom. The van der Waals surface area contributed by atoms with Crippen molar-refractivity contribution >= 4 is 17.0 Å². The summed E-state index contributed by atoms with van der Waals surface area (Å²) in [5, 5.41) is 5.34. The lowest BCUT2D eigenvalue weighted by Gasteiger charge is -2.16. The summed E-state index contributed by atoms with van der Waals surface area (Å²) in [5.74, 6) is -0.880. The molecule has 25 heavy (non-hydrogen) atoms. The number of H-pyrrole nitrogens is 2. The van der Waals surface area contributed by atoms with E-state index in [9.17, 15) is 14.4 Å². The Morgan fingerprint density at radius 3 is 2.44 bits per heavy atom. The molecule has 0 bridgehead atoms. The zero-order valence-electron chi connectivity index (χ0n) is 14.5. The smallest absolute Gasteiger partial charge is 0.328 e. The van der Waals surface area contributed by atoms with Crippen molar-refractivity contribution in [1.29, 1.82) is 0 Å². The van der Waals surface area contributed by atoms with Crippen LogP contribution in [0.15, 0.2) is 27.8 Å². The summed E-state index contributed by atoms with van der Waals surface area (Å²) in [6.45, 7) is 1.77. The van der Waals surface area contributed by atoms with Gasteiger partial charge in [0.1, 0.15) is 0 Å². The average molecular weight is 344 g/mol. The molecule has 0 amide bonds. The number of aromatic nitrogens is 4. The monoisotopic (exact) mass is 344 g/mol. The number of carbonyl (C=O) groups excluding carboxylic acids is 1. The predicted octanol–water partition coefficient (Wildman–Crippen LogP) is 0.897. The van der Waals surface area contributed by atoms with E-state index in [4.69, 9.17) is 4.74 Å². The molecule has 8 nitrogen and oxygen atoms in total. The highest BCUT2D eigenvalue weighted by molar-refractivity contribution is 5.78. The molecule has 0 fully saturated rings. The van der Waals surface area contributed by atoms with Crippen LogP contribution in [0.3, 0.4) is 0 Å². The molecule has 0 spiro atoms. The fourth-order valence-electron chi connectivity index (χ4n) is 3.25. The highest BCUT2D eigenvalue weighted by atomic mass is 16.5. The standard InChI is InChI=1S/C17H20N4O4/c1-9-15(16(23)19-18-9)11(8-14(22)25-4)10-5-6-12-13(7-10)21(3)17(24)20(12)2/h5-7,11H,8H2,1-4H3,(H2,18,19,23)/t11-/m0/s1. The highest BCUT2D eigenvalue weighted by Crippen LogP contribution is 2.30. The highest BCUT2D eigenvalue weighted by Gasteiger charge is 2.25. The molecule has 8 heteroatoms. The summed E-state index contributed by atoms with van der Waals surface area (Å²) in [5.41, 5.74) is 3.05. The Bertz CT molecular complexity index is 1070. The number of carbonyl (C=O) groups is 1. The van der Waals surface area contributed by atoms with Crippen molar-refractivity contribution < 1.29 is 9.53 Å². The van der Waals surface area contributed by atoms with E-state index in [0.29, 0.717) is 11.3 Å². The maximum atomic E-state index is 12.2. The fraction of sp³-hybridized carbons (Fsp3) is 0.353. The average Bonchev–Trinajstić information content (AvgIpc) is 3.05. The molecule has 2 N–H and O–H groups in total. The molecule has 0 aliphatic heterocycles. The Balaban J connectivity index is 2.21. The van der Waals surface area contributed by atoms with Gasteiger partial charge in [0.2, 0.25) is 0 Å². The van der Waals surface area contributed by atoms with Gasteiger partial charge in [-0.1, -0.05) is 6.07 Å². The van der Waals surface area contributed by atoms with Gasteiger partial charge in [0, 0.05) is 31.3 Å². The molecule has 1 atom stereocenters. The number of hydrogen-bond acceptors (Lipinski definition) is 4. The third-order valence-electron chi connectivity index (χ3n) is 4.66. The first-order valence-electron chi connectivity index (χ1n) is 7.84. The number of rotatable bonds is 4. The molecule has 1 aromatic carbocycles. The number of hydrogen-bond donors (Lipinski definition) is 2. The van der Waals surface area contributed by atoms with E-state index >= 15 is 0 Å². The van der Waals surface area contributed by atoms with E-state index < -0.39 is 11.9 Å². The SMILES string of the molecule is COC(=O)C[C@@H](c1ccc2c(c1)n(C)c(=O)n2C)c1c(C)[nH][nH]c1=O. The van der Waals surface area contributed by atoms with E-state index in [1.165, 1.54) is 7.11 Å².